The zero-order valence-corrected chi connectivity index (χ0v) is 5.76. The maximum Gasteiger partial charge on any atom is 0.0545 e. The second-order valence-corrected chi connectivity index (χ2v) is 2.10. The fourth-order valence-corrected chi connectivity index (χ4v) is 0.866. The molecule has 0 aromatic carbocycles. The number of rotatable bonds is 1. The number of aromatic nitrogens is 2. The molecule has 9 heavy (non-hydrogen) atoms. The summed E-state index contributed by atoms with van der Waals surface area (Å²) in [5.74, 6) is 0. The van der Waals surface area contributed by atoms with Crippen molar-refractivity contribution < 1.29 is 0 Å². The van der Waals surface area contributed by atoms with E-state index in [4.69, 9.17) is 5.73 Å². The molecular weight excluding hydrogens is 114 g/mol. The van der Waals surface area contributed by atoms with Crippen LogP contribution in [0.15, 0.2) is 6.20 Å². The molecule has 0 spiro atoms. The Kier molecular flexibility index (Phi) is 1.53. The molecule has 0 unspecified atom stereocenters. The van der Waals surface area contributed by atoms with Gasteiger partial charge in [-0.2, -0.15) is 5.10 Å². The topological polar surface area (TPSA) is 43.8 Å². The molecule has 0 saturated carbocycles. The minimum atomic E-state index is 0.572. The van der Waals surface area contributed by atoms with Crippen LogP contribution in [0.5, 0.6) is 0 Å². The van der Waals surface area contributed by atoms with Gasteiger partial charge in [-0.15, -0.1) is 0 Å². The predicted octanol–water partition coefficient (Wildman–Crippen LogP) is 0.187. The number of aryl methyl sites for hydroxylation is 2. The third-order valence-electron chi connectivity index (χ3n) is 1.46. The van der Waals surface area contributed by atoms with Crippen molar-refractivity contribution in [1.29, 1.82) is 0 Å². The minimum Gasteiger partial charge on any atom is -0.325 e. The van der Waals surface area contributed by atoms with E-state index >= 15 is 0 Å². The van der Waals surface area contributed by atoms with Crippen LogP contribution in [0.4, 0.5) is 0 Å². The maximum absolute atomic E-state index is 5.44. The maximum atomic E-state index is 5.44. The molecule has 0 aliphatic carbocycles. The third-order valence-corrected chi connectivity index (χ3v) is 1.46. The van der Waals surface area contributed by atoms with Crippen LogP contribution in [0.2, 0.25) is 0 Å². The second-order valence-electron chi connectivity index (χ2n) is 2.10. The van der Waals surface area contributed by atoms with Crippen LogP contribution >= 0.6 is 0 Å². The van der Waals surface area contributed by atoms with Gasteiger partial charge in [0.15, 0.2) is 0 Å². The molecule has 0 saturated heterocycles. The first-order valence-electron chi connectivity index (χ1n) is 2.93. The van der Waals surface area contributed by atoms with Crippen LogP contribution in [0, 0.1) is 6.92 Å². The Balaban J connectivity index is 3.07. The molecular formula is C6H11N3. The van der Waals surface area contributed by atoms with Gasteiger partial charge in [-0.25, -0.2) is 0 Å². The van der Waals surface area contributed by atoms with Crippen molar-refractivity contribution in [3.63, 3.8) is 0 Å². The van der Waals surface area contributed by atoms with Gasteiger partial charge in [0.1, 0.15) is 0 Å². The molecule has 0 radical (unpaired) electrons. The number of hydrogen-bond acceptors (Lipinski definition) is 2. The van der Waals surface area contributed by atoms with Gasteiger partial charge in [-0.1, -0.05) is 0 Å². The summed E-state index contributed by atoms with van der Waals surface area (Å²) in [7, 11) is 1.90. The van der Waals surface area contributed by atoms with Crippen LogP contribution < -0.4 is 5.73 Å². The Morgan fingerprint density at radius 1 is 1.78 bits per heavy atom. The lowest BCUT2D eigenvalue weighted by molar-refractivity contribution is 0.710. The molecule has 0 amide bonds. The molecule has 3 heteroatoms. The first-order chi connectivity index (χ1) is 4.25. The molecule has 50 valence electrons. The highest BCUT2D eigenvalue weighted by molar-refractivity contribution is 5.14. The summed E-state index contributed by atoms with van der Waals surface area (Å²) >= 11 is 0. The normalized spacial score (nSPS) is 10.1. The first kappa shape index (κ1) is 6.29. The number of nitrogens with zero attached hydrogens (tertiary/aromatic N) is 2. The zero-order chi connectivity index (χ0) is 6.85. The van der Waals surface area contributed by atoms with Gasteiger partial charge in [-0.3, -0.25) is 4.68 Å². The SMILES string of the molecule is Cc1cnn(C)c1CN. The smallest absolute Gasteiger partial charge is 0.0545 e. The summed E-state index contributed by atoms with van der Waals surface area (Å²) in [6.45, 7) is 2.58. The van der Waals surface area contributed by atoms with Crippen molar-refractivity contribution in [2.45, 2.75) is 13.5 Å². The lowest BCUT2D eigenvalue weighted by atomic mass is 10.3. The minimum absolute atomic E-state index is 0.572. The van der Waals surface area contributed by atoms with Gasteiger partial charge in [0.25, 0.3) is 0 Å². The lowest BCUT2D eigenvalue weighted by Gasteiger charge is -1.96. The summed E-state index contributed by atoms with van der Waals surface area (Å²) in [4.78, 5) is 0. The van der Waals surface area contributed by atoms with E-state index in [9.17, 15) is 0 Å². The van der Waals surface area contributed by atoms with Crippen LogP contribution in [0.1, 0.15) is 11.3 Å². The van der Waals surface area contributed by atoms with E-state index in [0.717, 1.165) is 5.69 Å². The number of nitrogens with two attached hydrogens (primary N) is 1. The van der Waals surface area contributed by atoms with Gasteiger partial charge < -0.3 is 5.73 Å². The van der Waals surface area contributed by atoms with Gasteiger partial charge in [0.05, 0.1) is 11.9 Å². The lowest BCUT2D eigenvalue weighted by Crippen LogP contribution is -2.05. The van der Waals surface area contributed by atoms with Gasteiger partial charge >= 0.3 is 0 Å². The molecule has 0 aliphatic rings. The van der Waals surface area contributed by atoms with Crippen molar-refractivity contribution in [2.24, 2.45) is 12.8 Å². The second kappa shape index (κ2) is 2.19. The average molecular weight is 125 g/mol. The third kappa shape index (κ3) is 0.954. The summed E-state index contributed by atoms with van der Waals surface area (Å²) in [5, 5.41) is 4.02. The number of hydrogen-bond donors (Lipinski definition) is 1. The summed E-state index contributed by atoms with van der Waals surface area (Å²) in [6, 6.07) is 0. The molecule has 1 aromatic rings. The standard InChI is InChI=1S/C6H11N3/c1-5-4-8-9(2)6(5)3-7/h4H,3,7H2,1-2H3. The Hall–Kier alpha value is -0.830. The van der Waals surface area contributed by atoms with E-state index in [0.29, 0.717) is 6.54 Å². The molecule has 1 aromatic heterocycles. The summed E-state index contributed by atoms with van der Waals surface area (Å²) < 4.78 is 1.80. The van der Waals surface area contributed by atoms with E-state index in [1.165, 1.54) is 5.56 Å². The highest BCUT2D eigenvalue weighted by Gasteiger charge is 1.98. The van der Waals surface area contributed by atoms with Crippen LogP contribution in [-0.2, 0) is 13.6 Å². The molecule has 1 heterocycles. The fraction of sp³-hybridized carbons (Fsp3) is 0.500. The van der Waals surface area contributed by atoms with Crippen LogP contribution in [0.3, 0.4) is 0 Å². The highest BCUT2D eigenvalue weighted by atomic mass is 15.3. The highest BCUT2D eigenvalue weighted by Crippen LogP contribution is 2.02. The summed E-state index contributed by atoms with van der Waals surface area (Å²) in [5.41, 5.74) is 7.71. The molecule has 3 nitrogen and oxygen atoms in total. The largest absolute Gasteiger partial charge is 0.325 e. The Labute approximate surface area is 54.5 Å². The molecule has 0 aliphatic heterocycles. The van der Waals surface area contributed by atoms with Crippen molar-refractivity contribution in [1.82, 2.24) is 9.78 Å². The van der Waals surface area contributed by atoms with Crippen molar-refractivity contribution in [3.8, 4) is 0 Å². The van der Waals surface area contributed by atoms with E-state index in [2.05, 4.69) is 5.10 Å². The molecule has 0 bridgehead atoms. The van der Waals surface area contributed by atoms with Crippen LogP contribution in [0.25, 0.3) is 0 Å². The van der Waals surface area contributed by atoms with Gasteiger partial charge in [0, 0.05) is 13.6 Å². The first-order valence-corrected chi connectivity index (χ1v) is 2.93. The van der Waals surface area contributed by atoms with E-state index in [-0.39, 0.29) is 0 Å². The van der Waals surface area contributed by atoms with E-state index in [1.54, 1.807) is 4.68 Å². The zero-order valence-electron chi connectivity index (χ0n) is 5.76. The fourth-order valence-electron chi connectivity index (χ4n) is 0.866. The summed E-state index contributed by atoms with van der Waals surface area (Å²) in [6.07, 6.45) is 1.82. The quantitative estimate of drug-likeness (QED) is 0.582. The van der Waals surface area contributed by atoms with Gasteiger partial charge in [-0.05, 0) is 12.5 Å². The van der Waals surface area contributed by atoms with Crippen LogP contribution in [-0.4, -0.2) is 9.78 Å². The van der Waals surface area contributed by atoms with Gasteiger partial charge in [0.2, 0.25) is 0 Å². The van der Waals surface area contributed by atoms with E-state index < -0.39 is 0 Å². The Morgan fingerprint density at radius 3 is 2.67 bits per heavy atom. The molecule has 0 atom stereocenters. The monoisotopic (exact) mass is 125 g/mol. The Bertz CT molecular complexity index is 183. The Morgan fingerprint density at radius 2 is 2.44 bits per heavy atom. The van der Waals surface area contributed by atoms with E-state index in [1.807, 2.05) is 20.2 Å². The average Bonchev–Trinajstić information content (AvgIpc) is 2.12. The molecule has 0 fully saturated rings. The van der Waals surface area contributed by atoms with Crippen molar-refractivity contribution in [3.05, 3.63) is 17.5 Å². The molecule has 1 rings (SSSR count). The van der Waals surface area contributed by atoms with Crippen molar-refractivity contribution in [2.75, 3.05) is 0 Å². The molecule has 2 N–H and O–H groups in total. The predicted molar refractivity (Wildman–Crippen MR) is 35.8 cm³/mol. The van der Waals surface area contributed by atoms with Crippen molar-refractivity contribution >= 4 is 0 Å².